The molecule has 1 aliphatic rings. The van der Waals surface area contributed by atoms with Crippen molar-refractivity contribution in [1.82, 2.24) is 15.1 Å². The SMILES string of the molecule is O=C(NCC(=O)N1CCN(C/C=C/c2ccccc2)CC1)Nc1ccccc1. The zero-order valence-electron chi connectivity index (χ0n) is 15.9. The van der Waals surface area contributed by atoms with Crippen molar-refractivity contribution in [3.63, 3.8) is 0 Å². The molecule has 6 heteroatoms. The van der Waals surface area contributed by atoms with Gasteiger partial charge in [-0.3, -0.25) is 9.69 Å². The van der Waals surface area contributed by atoms with Crippen molar-refractivity contribution in [3.8, 4) is 0 Å². The second-order valence-electron chi connectivity index (χ2n) is 6.67. The number of benzene rings is 2. The summed E-state index contributed by atoms with van der Waals surface area (Å²) in [6, 6.07) is 19.0. The van der Waals surface area contributed by atoms with Crippen LogP contribution < -0.4 is 10.6 Å². The molecule has 2 aromatic carbocycles. The summed E-state index contributed by atoms with van der Waals surface area (Å²) >= 11 is 0. The number of hydrogen-bond acceptors (Lipinski definition) is 3. The molecule has 0 aliphatic carbocycles. The fourth-order valence-electron chi connectivity index (χ4n) is 3.05. The van der Waals surface area contributed by atoms with Gasteiger partial charge in [-0.1, -0.05) is 60.7 Å². The number of amides is 3. The number of hydrogen-bond donors (Lipinski definition) is 2. The van der Waals surface area contributed by atoms with Crippen LogP contribution in [0.15, 0.2) is 66.7 Å². The van der Waals surface area contributed by atoms with Crippen LogP contribution in [-0.4, -0.2) is 61.0 Å². The molecule has 146 valence electrons. The van der Waals surface area contributed by atoms with E-state index in [9.17, 15) is 9.59 Å². The molecule has 1 aliphatic heterocycles. The van der Waals surface area contributed by atoms with E-state index in [1.807, 2.05) is 36.4 Å². The van der Waals surface area contributed by atoms with Crippen molar-refractivity contribution in [1.29, 1.82) is 0 Å². The second-order valence-corrected chi connectivity index (χ2v) is 6.67. The predicted molar refractivity (Wildman–Crippen MR) is 112 cm³/mol. The van der Waals surface area contributed by atoms with Gasteiger partial charge in [0, 0.05) is 38.4 Å². The molecule has 1 fully saturated rings. The van der Waals surface area contributed by atoms with Crippen LogP contribution in [0.5, 0.6) is 0 Å². The molecule has 28 heavy (non-hydrogen) atoms. The summed E-state index contributed by atoms with van der Waals surface area (Å²) in [5, 5.41) is 5.33. The maximum absolute atomic E-state index is 12.3. The predicted octanol–water partition coefficient (Wildman–Crippen LogP) is 2.67. The van der Waals surface area contributed by atoms with Crippen molar-refractivity contribution in [2.75, 3.05) is 44.6 Å². The van der Waals surface area contributed by atoms with Gasteiger partial charge in [0.1, 0.15) is 0 Å². The standard InChI is InChI=1S/C22H26N4O2/c27-21(18-23-22(28)24-20-11-5-2-6-12-20)26-16-14-25(15-17-26)13-7-10-19-8-3-1-4-9-19/h1-12H,13-18H2,(H2,23,24,28)/b10-7+. The number of rotatable bonds is 6. The van der Waals surface area contributed by atoms with Crippen LogP contribution in [0.4, 0.5) is 10.5 Å². The molecule has 3 rings (SSSR count). The number of carbonyl (C=O) groups is 2. The smallest absolute Gasteiger partial charge is 0.319 e. The molecule has 0 radical (unpaired) electrons. The maximum Gasteiger partial charge on any atom is 0.319 e. The van der Waals surface area contributed by atoms with Crippen LogP contribution >= 0.6 is 0 Å². The molecule has 0 bridgehead atoms. The first-order chi connectivity index (χ1) is 13.7. The quantitative estimate of drug-likeness (QED) is 0.812. The first-order valence-corrected chi connectivity index (χ1v) is 9.52. The van der Waals surface area contributed by atoms with Gasteiger partial charge < -0.3 is 15.5 Å². The number of piperazine rings is 1. The van der Waals surface area contributed by atoms with E-state index in [0.29, 0.717) is 18.8 Å². The summed E-state index contributed by atoms with van der Waals surface area (Å²) in [4.78, 5) is 28.3. The summed E-state index contributed by atoms with van der Waals surface area (Å²) in [6.07, 6.45) is 4.27. The number of nitrogens with one attached hydrogen (secondary N) is 2. The Morgan fingerprint density at radius 1 is 0.893 bits per heavy atom. The zero-order valence-corrected chi connectivity index (χ0v) is 15.9. The summed E-state index contributed by atoms with van der Waals surface area (Å²) in [7, 11) is 0. The van der Waals surface area contributed by atoms with Crippen molar-refractivity contribution >= 4 is 23.7 Å². The molecule has 1 heterocycles. The van der Waals surface area contributed by atoms with Crippen molar-refractivity contribution < 1.29 is 9.59 Å². The number of urea groups is 1. The largest absolute Gasteiger partial charge is 0.339 e. The highest BCUT2D eigenvalue weighted by molar-refractivity contribution is 5.92. The minimum absolute atomic E-state index is 0.00652. The van der Waals surface area contributed by atoms with Gasteiger partial charge >= 0.3 is 6.03 Å². The topological polar surface area (TPSA) is 64.7 Å². The molecule has 0 saturated carbocycles. The minimum atomic E-state index is -0.371. The molecule has 3 amide bonds. The lowest BCUT2D eigenvalue weighted by molar-refractivity contribution is -0.131. The van der Waals surface area contributed by atoms with Gasteiger partial charge in [-0.05, 0) is 17.7 Å². The molecule has 2 aromatic rings. The Morgan fingerprint density at radius 2 is 1.54 bits per heavy atom. The monoisotopic (exact) mass is 378 g/mol. The lowest BCUT2D eigenvalue weighted by Crippen LogP contribution is -2.51. The minimum Gasteiger partial charge on any atom is -0.339 e. The van der Waals surface area contributed by atoms with Crippen LogP contribution in [0.3, 0.4) is 0 Å². The Morgan fingerprint density at radius 3 is 2.21 bits per heavy atom. The molecule has 2 N–H and O–H groups in total. The van der Waals surface area contributed by atoms with E-state index in [0.717, 1.165) is 19.6 Å². The van der Waals surface area contributed by atoms with E-state index in [2.05, 4.69) is 39.8 Å². The van der Waals surface area contributed by atoms with Crippen LogP contribution in [-0.2, 0) is 4.79 Å². The average molecular weight is 378 g/mol. The summed E-state index contributed by atoms with van der Waals surface area (Å²) in [5.41, 5.74) is 1.89. The first kappa shape index (κ1) is 19.6. The van der Waals surface area contributed by atoms with E-state index in [-0.39, 0.29) is 18.5 Å². The van der Waals surface area contributed by atoms with Crippen LogP contribution in [0, 0.1) is 0 Å². The third-order valence-electron chi connectivity index (χ3n) is 4.63. The average Bonchev–Trinajstić information content (AvgIpc) is 2.74. The summed E-state index contributed by atoms with van der Waals surface area (Å²) in [6.45, 7) is 3.91. The van der Waals surface area contributed by atoms with Gasteiger partial charge in [-0.25, -0.2) is 4.79 Å². The molecule has 1 saturated heterocycles. The van der Waals surface area contributed by atoms with Gasteiger partial charge in [-0.15, -0.1) is 0 Å². The van der Waals surface area contributed by atoms with Crippen LogP contribution in [0.1, 0.15) is 5.56 Å². The first-order valence-electron chi connectivity index (χ1n) is 9.52. The Hall–Kier alpha value is -3.12. The molecule has 0 unspecified atom stereocenters. The van der Waals surface area contributed by atoms with E-state index in [1.165, 1.54) is 5.56 Å². The molecular weight excluding hydrogens is 352 g/mol. The van der Waals surface area contributed by atoms with Gasteiger partial charge in [0.25, 0.3) is 0 Å². The van der Waals surface area contributed by atoms with Crippen molar-refractivity contribution in [2.24, 2.45) is 0 Å². The van der Waals surface area contributed by atoms with Gasteiger partial charge in [-0.2, -0.15) is 0 Å². The lowest BCUT2D eigenvalue weighted by Gasteiger charge is -2.34. The van der Waals surface area contributed by atoms with Gasteiger partial charge in [0.05, 0.1) is 6.54 Å². The zero-order chi connectivity index (χ0) is 19.6. The molecule has 0 spiro atoms. The highest BCUT2D eigenvalue weighted by Crippen LogP contribution is 2.06. The Balaban J connectivity index is 1.34. The molecular formula is C22H26N4O2. The maximum atomic E-state index is 12.3. The van der Waals surface area contributed by atoms with Gasteiger partial charge in [0.2, 0.25) is 5.91 Å². The summed E-state index contributed by atoms with van der Waals surface area (Å²) in [5.74, 6) is -0.0531. The number of carbonyl (C=O) groups excluding carboxylic acids is 2. The normalized spacial score (nSPS) is 14.8. The number of nitrogens with zero attached hydrogens (tertiary/aromatic N) is 2. The fourth-order valence-corrected chi connectivity index (χ4v) is 3.05. The molecule has 0 atom stereocenters. The van der Waals surface area contributed by atoms with Crippen molar-refractivity contribution in [3.05, 3.63) is 72.3 Å². The van der Waals surface area contributed by atoms with E-state index in [4.69, 9.17) is 0 Å². The third-order valence-corrected chi connectivity index (χ3v) is 4.63. The van der Waals surface area contributed by atoms with E-state index >= 15 is 0 Å². The second kappa shape index (κ2) is 10.3. The molecule has 6 nitrogen and oxygen atoms in total. The van der Waals surface area contributed by atoms with Crippen molar-refractivity contribution in [2.45, 2.75) is 0 Å². The highest BCUT2D eigenvalue weighted by Gasteiger charge is 2.20. The van der Waals surface area contributed by atoms with Gasteiger partial charge in [0.15, 0.2) is 0 Å². The number of anilines is 1. The van der Waals surface area contributed by atoms with E-state index in [1.54, 1.807) is 17.0 Å². The van der Waals surface area contributed by atoms with Crippen LogP contribution in [0.2, 0.25) is 0 Å². The lowest BCUT2D eigenvalue weighted by atomic mass is 10.2. The number of para-hydroxylation sites is 1. The Kier molecular flexibility index (Phi) is 7.21. The third kappa shape index (κ3) is 6.25. The summed E-state index contributed by atoms with van der Waals surface area (Å²) < 4.78 is 0. The molecule has 0 aromatic heterocycles. The fraction of sp³-hybridized carbons (Fsp3) is 0.273. The highest BCUT2D eigenvalue weighted by atomic mass is 16.2. The Labute approximate surface area is 165 Å². The van der Waals surface area contributed by atoms with Crippen LogP contribution in [0.25, 0.3) is 6.08 Å². The van der Waals surface area contributed by atoms with E-state index < -0.39 is 0 Å². The Bertz CT molecular complexity index is 785.